The van der Waals surface area contributed by atoms with Crippen LogP contribution < -0.4 is 16.9 Å². The van der Waals surface area contributed by atoms with Crippen LogP contribution in [-0.2, 0) is 4.79 Å². The van der Waals surface area contributed by atoms with E-state index in [0.29, 0.717) is 12.8 Å². The van der Waals surface area contributed by atoms with Crippen LogP contribution in [0.4, 0.5) is 0 Å². The number of nitrogens with one attached hydrogen (secondary N) is 1. The number of carbonyl (C=O) groups is 1. The Morgan fingerprint density at radius 2 is 2.13 bits per heavy atom. The van der Waals surface area contributed by atoms with Crippen LogP contribution in [0.25, 0.3) is 0 Å². The van der Waals surface area contributed by atoms with Gasteiger partial charge in [0.2, 0.25) is 5.96 Å². The summed E-state index contributed by atoms with van der Waals surface area (Å²) in [5.41, 5.74) is 11.8. The minimum atomic E-state index is -1.04. The minimum Gasteiger partial charge on any atom is -0.480 e. The second-order valence-electron chi connectivity index (χ2n) is 3.90. The lowest BCUT2D eigenvalue weighted by atomic mass is 9.96. The van der Waals surface area contributed by atoms with Gasteiger partial charge in [-0.05, 0) is 26.7 Å². The van der Waals surface area contributed by atoms with Crippen LogP contribution >= 0.6 is 0 Å². The third kappa shape index (κ3) is 5.87. The van der Waals surface area contributed by atoms with Gasteiger partial charge in [0.25, 0.3) is 0 Å². The molecule has 0 aromatic rings. The molecule has 0 unspecified atom stereocenters. The summed E-state index contributed by atoms with van der Waals surface area (Å²) < 4.78 is 0. The van der Waals surface area contributed by atoms with Crippen LogP contribution in [0.15, 0.2) is 4.99 Å². The number of nitrogens with two attached hydrogens (primary N) is 2. The highest BCUT2D eigenvalue weighted by Crippen LogP contribution is 2.17. The first-order chi connectivity index (χ1) is 6.78. The Bertz CT molecular complexity index is 252. The van der Waals surface area contributed by atoms with Gasteiger partial charge in [-0.3, -0.25) is 10.0 Å². The van der Waals surface area contributed by atoms with E-state index >= 15 is 0 Å². The molecule has 0 aromatic heterocycles. The van der Waals surface area contributed by atoms with Crippen LogP contribution in [0, 0.1) is 0 Å². The quantitative estimate of drug-likeness (QED) is 0.234. The van der Waals surface area contributed by atoms with Crippen molar-refractivity contribution in [3.8, 4) is 0 Å². The van der Waals surface area contributed by atoms with E-state index in [0.717, 1.165) is 0 Å². The summed E-state index contributed by atoms with van der Waals surface area (Å²) in [6.45, 7) is 3.54. The van der Waals surface area contributed by atoms with Gasteiger partial charge in [0, 0.05) is 0 Å². The van der Waals surface area contributed by atoms with E-state index in [9.17, 15) is 4.79 Å². The van der Waals surface area contributed by atoms with Crippen molar-refractivity contribution in [1.82, 2.24) is 5.48 Å². The highest BCUT2D eigenvalue weighted by atomic mass is 16.5. The van der Waals surface area contributed by atoms with Gasteiger partial charge >= 0.3 is 5.97 Å². The van der Waals surface area contributed by atoms with E-state index in [1.165, 1.54) is 0 Å². The molecule has 0 amide bonds. The maximum Gasteiger partial charge on any atom is 0.320 e. The molecule has 0 spiro atoms. The zero-order valence-electron chi connectivity index (χ0n) is 8.90. The topological polar surface area (TPSA) is 134 Å². The number of nitrogens with zero attached hydrogens (tertiary/aromatic N) is 1. The summed E-state index contributed by atoms with van der Waals surface area (Å²) in [7, 11) is 0. The lowest BCUT2D eigenvalue weighted by Crippen LogP contribution is -2.35. The van der Waals surface area contributed by atoms with Gasteiger partial charge in [0.15, 0.2) is 0 Å². The van der Waals surface area contributed by atoms with Crippen LogP contribution in [0.5, 0.6) is 0 Å². The van der Waals surface area contributed by atoms with E-state index in [1.54, 1.807) is 19.3 Å². The molecule has 0 bridgehead atoms. The zero-order chi connectivity index (χ0) is 12.1. The van der Waals surface area contributed by atoms with E-state index in [4.69, 9.17) is 21.8 Å². The maximum atomic E-state index is 10.5. The van der Waals surface area contributed by atoms with Crippen molar-refractivity contribution in [2.24, 2.45) is 16.5 Å². The molecule has 0 aliphatic rings. The number of carboxylic acids is 1. The van der Waals surface area contributed by atoms with Crippen LogP contribution in [-0.4, -0.2) is 33.8 Å². The van der Waals surface area contributed by atoms with Crippen LogP contribution in [0.2, 0.25) is 0 Å². The van der Waals surface area contributed by atoms with Crippen molar-refractivity contribution < 1.29 is 15.1 Å². The molecule has 15 heavy (non-hydrogen) atoms. The number of guanidine groups is 1. The third-order valence-corrected chi connectivity index (χ3v) is 1.92. The predicted molar refractivity (Wildman–Crippen MR) is 55.5 cm³/mol. The molecule has 0 aromatic carbocycles. The van der Waals surface area contributed by atoms with Gasteiger partial charge in [-0.2, -0.15) is 0 Å². The fourth-order valence-corrected chi connectivity index (χ4v) is 1.04. The summed E-state index contributed by atoms with van der Waals surface area (Å²) in [6, 6.07) is -0.900. The molecule has 7 N–H and O–H groups in total. The molecule has 88 valence electrons. The smallest absolute Gasteiger partial charge is 0.320 e. The summed E-state index contributed by atoms with van der Waals surface area (Å²) >= 11 is 0. The van der Waals surface area contributed by atoms with E-state index in [1.807, 2.05) is 0 Å². The molecule has 0 radical (unpaired) electrons. The van der Waals surface area contributed by atoms with Crippen molar-refractivity contribution in [3.63, 3.8) is 0 Å². The van der Waals surface area contributed by atoms with Gasteiger partial charge in [-0.1, -0.05) is 0 Å². The van der Waals surface area contributed by atoms with Gasteiger partial charge in [-0.25, -0.2) is 10.5 Å². The van der Waals surface area contributed by atoms with Crippen molar-refractivity contribution in [1.29, 1.82) is 0 Å². The lowest BCUT2D eigenvalue weighted by molar-refractivity contribution is -0.138. The number of hydrogen-bond acceptors (Lipinski definition) is 4. The molecule has 0 aliphatic heterocycles. The Morgan fingerprint density at radius 3 is 2.53 bits per heavy atom. The largest absolute Gasteiger partial charge is 0.480 e. The zero-order valence-corrected chi connectivity index (χ0v) is 8.90. The normalized spacial score (nSPS) is 14.8. The Balaban J connectivity index is 4.21. The average molecular weight is 218 g/mol. The number of hydroxylamine groups is 1. The first-order valence-corrected chi connectivity index (χ1v) is 4.52. The first-order valence-electron chi connectivity index (χ1n) is 4.52. The van der Waals surface area contributed by atoms with Gasteiger partial charge in [0.1, 0.15) is 6.04 Å². The van der Waals surface area contributed by atoms with E-state index in [-0.39, 0.29) is 5.96 Å². The first kappa shape index (κ1) is 13.7. The Kier molecular flexibility index (Phi) is 5.03. The van der Waals surface area contributed by atoms with E-state index in [2.05, 4.69) is 4.99 Å². The number of aliphatic imine (C=N–C) groups is 1. The molecule has 0 aliphatic carbocycles. The number of rotatable bonds is 5. The average Bonchev–Trinajstić information content (AvgIpc) is 2.13. The predicted octanol–water partition coefficient (Wildman–Crippen LogP) is -0.749. The summed E-state index contributed by atoms with van der Waals surface area (Å²) in [4.78, 5) is 14.4. The maximum absolute atomic E-state index is 10.5. The van der Waals surface area contributed by atoms with Gasteiger partial charge < -0.3 is 16.6 Å². The highest BCUT2D eigenvalue weighted by molar-refractivity contribution is 5.77. The van der Waals surface area contributed by atoms with Crippen molar-refractivity contribution in [2.45, 2.75) is 38.3 Å². The number of carboxylic acid groups (broad SMARTS) is 1. The fraction of sp³-hybridized carbons (Fsp3) is 0.750. The summed E-state index contributed by atoms with van der Waals surface area (Å²) in [6.07, 6.45) is 0.757. The monoisotopic (exact) mass is 218 g/mol. The summed E-state index contributed by atoms with van der Waals surface area (Å²) in [5, 5.41) is 17.0. The molecule has 0 saturated carbocycles. The molecule has 0 fully saturated rings. The van der Waals surface area contributed by atoms with Crippen LogP contribution in [0.1, 0.15) is 26.7 Å². The van der Waals surface area contributed by atoms with Crippen molar-refractivity contribution >= 4 is 11.9 Å². The van der Waals surface area contributed by atoms with Gasteiger partial charge in [-0.15, -0.1) is 0 Å². The molecule has 0 heterocycles. The molecule has 0 saturated heterocycles. The molecular weight excluding hydrogens is 200 g/mol. The SMILES string of the molecule is CC(C)(CC[C@H](N)C(=O)O)N=C(N)NO. The number of hydrogen-bond donors (Lipinski definition) is 5. The molecule has 0 rings (SSSR count). The molecule has 7 nitrogen and oxygen atoms in total. The third-order valence-electron chi connectivity index (χ3n) is 1.92. The Hall–Kier alpha value is -1.34. The molecule has 1 atom stereocenters. The summed E-state index contributed by atoms with van der Waals surface area (Å²) in [5.74, 6) is -1.15. The molecular formula is C8H18N4O3. The minimum absolute atomic E-state index is 0.108. The Labute approximate surface area is 88.1 Å². The highest BCUT2D eigenvalue weighted by Gasteiger charge is 2.20. The van der Waals surface area contributed by atoms with Gasteiger partial charge in [0.05, 0.1) is 5.54 Å². The van der Waals surface area contributed by atoms with E-state index < -0.39 is 17.6 Å². The standard InChI is InChI=1S/C8H18N4O3/c1-8(2,11-7(10)12-15)4-3-5(9)6(13)14/h5,15H,3-4,9H2,1-2H3,(H,13,14)(H3,10,11,12)/t5-/m0/s1. The fourth-order valence-electron chi connectivity index (χ4n) is 1.04. The van der Waals surface area contributed by atoms with Crippen molar-refractivity contribution in [3.05, 3.63) is 0 Å². The molecule has 7 heteroatoms. The second kappa shape index (κ2) is 5.52. The van der Waals surface area contributed by atoms with Crippen LogP contribution in [0.3, 0.4) is 0 Å². The second-order valence-corrected chi connectivity index (χ2v) is 3.90. The van der Waals surface area contributed by atoms with Crippen molar-refractivity contribution in [2.75, 3.05) is 0 Å². The number of aliphatic carboxylic acids is 1. The lowest BCUT2D eigenvalue weighted by Gasteiger charge is -2.21. The Morgan fingerprint density at radius 1 is 1.60 bits per heavy atom.